The number of aromatic nitrogens is 1. The van der Waals surface area contributed by atoms with Crippen LogP contribution in [0.2, 0.25) is 5.15 Å². The number of piperazine rings is 1. The van der Waals surface area contributed by atoms with Crippen LogP contribution in [0.25, 0.3) is 0 Å². The summed E-state index contributed by atoms with van der Waals surface area (Å²) in [4.78, 5) is 8.23. The molecule has 1 aromatic heterocycles. The molecule has 1 aliphatic heterocycles. The van der Waals surface area contributed by atoms with Crippen molar-refractivity contribution in [2.45, 2.75) is 32.5 Å². The molecule has 1 saturated heterocycles. The summed E-state index contributed by atoms with van der Waals surface area (Å²) >= 11 is 5.73. The second kappa shape index (κ2) is 6.40. The first-order valence-corrected chi connectivity index (χ1v) is 7.43. The van der Waals surface area contributed by atoms with Gasteiger partial charge in [-0.1, -0.05) is 18.5 Å². The summed E-state index contributed by atoms with van der Waals surface area (Å²) in [6, 6.07) is 2.43. The van der Waals surface area contributed by atoms with Gasteiger partial charge >= 0.3 is 6.18 Å². The summed E-state index contributed by atoms with van der Waals surface area (Å²) in [6.45, 7) is 7.26. The zero-order chi connectivity index (χ0) is 15.6. The van der Waals surface area contributed by atoms with Crippen molar-refractivity contribution in [3.63, 3.8) is 0 Å². The van der Waals surface area contributed by atoms with E-state index in [4.69, 9.17) is 11.6 Å². The molecular formula is C14H19ClF3N3. The third kappa shape index (κ3) is 4.01. The first-order valence-electron chi connectivity index (χ1n) is 7.05. The number of rotatable bonds is 3. The van der Waals surface area contributed by atoms with Crippen molar-refractivity contribution in [2.75, 3.05) is 31.1 Å². The smallest absolute Gasteiger partial charge is 0.354 e. The van der Waals surface area contributed by atoms with Crippen LogP contribution in [0, 0.1) is 0 Å². The van der Waals surface area contributed by atoms with E-state index in [1.807, 2.05) is 4.90 Å². The van der Waals surface area contributed by atoms with Gasteiger partial charge in [0.05, 0.1) is 5.56 Å². The monoisotopic (exact) mass is 321 g/mol. The maximum atomic E-state index is 12.8. The average molecular weight is 322 g/mol. The Morgan fingerprint density at radius 2 is 1.86 bits per heavy atom. The summed E-state index contributed by atoms with van der Waals surface area (Å²) in [5.74, 6) is 0.304. The van der Waals surface area contributed by atoms with E-state index in [1.165, 1.54) is 0 Å². The number of nitrogens with zero attached hydrogens (tertiary/aromatic N) is 3. The first-order chi connectivity index (χ1) is 9.81. The van der Waals surface area contributed by atoms with Crippen molar-refractivity contribution in [2.24, 2.45) is 0 Å². The topological polar surface area (TPSA) is 19.4 Å². The zero-order valence-electron chi connectivity index (χ0n) is 12.1. The first kappa shape index (κ1) is 16.4. The molecule has 7 heteroatoms. The molecule has 0 saturated carbocycles. The van der Waals surface area contributed by atoms with Gasteiger partial charge in [0, 0.05) is 32.2 Å². The third-order valence-electron chi connectivity index (χ3n) is 3.96. The molecule has 0 spiro atoms. The van der Waals surface area contributed by atoms with Crippen LogP contribution in [-0.4, -0.2) is 42.1 Å². The van der Waals surface area contributed by atoms with Crippen molar-refractivity contribution in [1.82, 2.24) is 9.88 Å². The summed E-state index contributed by atoms with van der Waals surface area (Å²) < 4.78 is 38.4. The number of alkyl halides is 3. The van der Waals surface area contributed by atoms with Gasteiger partial charge in [-0.3, -0.25) is 4.90 Å². The van der Waals surface area contributed by atoms with Crippen LogP contribution < -0.4 is 4.90 Å². The molecule has 0 aromatic carbocycles. The van der Waals surface area contributed by atoms with E-state index < -0.39 is 11.7 Å². The summed E-state index contributed by atoms with van der Waals surface area (Å²) in [5, 5.41) is -0.121. The van der Waals surface area contributed by atoms with Crippen LogP contribution in [0.15, 0.2) is 12.1 Å². The minimum absolute atomic E-state index is 0.121. The molecule has 1 unspecified atom stereocenters. The standard InChI is InChI=1S/C14H19ClF3N3/c1-3-10(2)20-4-6-21(7-5-20)13-9-11(14(16,17)18)8-12(15)19-13/h8-10H,3-7H2,1-2H3. The minimum atomic E-state index is -4.40. The maximum absolute atomic E-state index is 12.8. The fraction of sp³-hybridized carbons (Fsp3) is 0.643. The van der Waals surface area contributed by atoms with E-state index >= 15 is 0 Å². The van der Waals surface area contributed by atoms with Crippen molar-refractivity contribution < 1.29 is 13.2 Å². The Kier molecular flexibility index (Phi) is 4.99. The molecule has 1 aromatic rings. The Bertz CT molecular complexity index is 485. The van der Waals surface area contributed by atoms with Gasteiger partial charge in [-0.15, -0.1) is 0 Å². The van der Waals surface area contributed by atoms with Gasteiger partial charge in [0.1, 0.15) is 11.0 Å². The Morgan fingerprint density at radius 3 is 2.38 bits per heavy atom. The van der Waals surface area contributed by atoms with Gasteiger partial charge in [-0.25, -0.2) is 4.98 Å². The van der Waals surface area contributed by atoms with Gasteiger partial charge in [0.25, 0.3) is 0 Å². The average Bonchev–Trinajstić information content (AvgIpc) is 2.45. The molecule has 0 amide bonds. The highest BCUT2D eigenvalue weighted by Gasteiger charge is 2.32. The minimum Gasteiger partial charge on any atom is -0.354 e. The van der Waals surface area contributed by atoms with E-state index in [9.17, 15) is 13.2 Å². The van der Waals surface area contributed by atoms with Crippen molar-refractivity contribution in [3.05, 3.63) is 22.8 Å². The predicted octanol–water partition coefficient (Wildman–Crippen LogP) is 3.67. The summed E-state index contributed by atoms with van der Waals surface area (Å²) in [6.07, 6.45) is -3.34. The Hall–Kier alpha value is -1.01. The number of anilines is 1. The van der Waals surface area contributed by atoms with Crippen LogP contribution >= 0.6 is 11.6 Å². The van der Waals surface area contributed by atoms with E-state index in [2.05, 4.69) is 23.7 Å². The van der Waals surface area contributed by atoms with Crippen molar-refractivity contribution >= 4 is 17.4 Å². The molecule has 2 heterocycles. The van der Waals surface area contributed by atoms with Crippen molar-refractivity contribution in [3.8, 4) is 0 Å². The molecule has 1 aliphatic rings. The molecule has 0 radical (unpaired) electrons. The van der Waals surface area contributed by atoms with Crippen LogP contribution in [0.4, 0.5) is 19.0 Å². The number of pyridine rings is 1. The second-order valence-electron chi connectivity index (χ2n) is 5.31. The molecule has 0 aliphatic carbocycles. The molecule has 2 rings (SSSR count). The highest BCUT2D eigenvalue weighted by molar-refractivity contribution is 6.29. The number of halogens is 4. The molecule has 0 N–H and O–H groups in total. The fourth-order valence-corrected chi connectivity index (χ4v) is 2.66. The summed E-state index contributed by atoms with van der Waals surface area (Å²) in [5.41, 5.74) is -0.748. The SMILES string of the molecule is CCC(C)N1CCN(c2cc(C(F)(F)F)cc(Cl)n2)CC1. The fourth-order valence-electron chi connectivity index (χ4n) is 2.46. The van der Waals surface area contributed by atoms with E-state index in [0.29, 0.717) is 24.9 Å². The molecule has 1 atom stereocenters. The third-order valence-corrected chi connectivity index (χ3v) is 4.15. The Labute approximate surface area is 127 Å². The van der Waals surface area contributed by atoms with E-state index in [-0.39, 0.29) is 5.15 Å². The normalized spacial score (nSPS) is 18.9. The largest absolute Gasteiger partial charge is 0.416 e. The second-order valence-corrected chi connectivity index (χ2v) is 5.70. The van der Waals surface area contributed by atoms with E-state index in [0.717, 1.165) is 31.6 Å². The summed E-state index contributed by atoms with van der Waals surface area (Å²) in [7, 11) is 0. The van der Waals surface area contributed by atoms with Crippen LogP contribution in [-0.2, 0) is 6.18 Å². The zero-order valence-corrected chi connectivity index (χ0v) is 12.9. The molecule has 1 fully saturated rings. The Morgan fingerprint density at radius 1 is 1.24 bits per heavy atom. The quantitative estimate of drug-likeness (QED) is 0.792. The van der Waals surface area contributed by atoms with Gasteiger partial charge in [-0.2, -0.15) is 13.2 Å². The number of hydrogen-bond donors (Lipinski definition) is 0. The number of hydrogen-bond acceptors (Lipinski definition) is 3. The van der Waals surface area contributed by atoms with Crippen molar-refractivity contribution in [1.29, 1.82) is 0 Å². The van der Waals surface area contributed by atoms with E-state index in [1.54, 1.807) is 0 Å². The molecular weight excluding hydrogens is 303 g/mol. The lowest BCUT2D eigenvalue weighted by Crippen LogP contribution is -2.49. The lowest BCUT2D eigenvalue weighted by molar-refractivity contribution is -0.137. The lowest BCUT2D eigenvalue weighted by atomic mass is 10.2. The van der Waals surface area contributed by atoms with Gasteiger partial charge in [0.15, 0.2) is 0 Å². The molecule has 118 valence electrons. The van der Waals surface area contributed by atoms with Gasteiger partial charge in [-0.05, 0) is 25.5 Å². The Balaban J connectivity index is 2.12. The predicted molar refractivity (Wildman–Crippen MR) is 77.8 cm³/mol. The van der Waals surface area contributed by atoms with Crippen LogP contribution in [0.5, 0.6) is 0 Å². The molecule has 3 nitrogen and oxygen atoms in total. The molecule has 21 heavy (non-hydrogen) atoms. The van der Waals surface area contributed by atoms with Crippen LogP contribution in [0.3, 0.4) is 0 Å². The van der Waals surface area contributed by atoms with Crippen LogP contribution in [0.1, 0.15) is 25.8 Å². The highest BCUT2D eigenvalue weighted by atomic mass is 35.5. The lowest BCUT2D eigenvalue weighted by Gasteiger charge is -2.38. The maximum Gasteiger partial charge on any atom is 0.416 e. The van der Waals surface area contributed by atoms with Gasteiger partial charge in [0.2, 0.25) is 0 Å². The highest BCUT2D eigenvalue weighted by Crippen LogP contribution is 2.33. The molecule has 0 bridgehead atoms. The van der Waals surface area contributed by atoms with Gasteiger partial charge < -0.3 is 4.90 Å².